The first kappa shape index (κ1) is 14.8. The van der Waals surface area contributed by atoms with Gasteiger partial charge in [-0.1, -0.05) is 11.6 Å². The van der Waals surface area contributed by atoms with Crippen LogP contribution in [0.1, 0.15) is 6.42 Å². The van der Waals surface area contributed by atoms with Crippen molar-refractivity contribution in [1.82, 2.24) is 4.90 Å². The summed E-state index contributed by atoms with van der Waals surface area (Å²) in [6.07, 6.45) is 0.942. The van der Waals surface area contributed by atoms with Crippen molar-refractivity contribution < 1.29 is 13.5 Å². The van der Waals surface area contributed by atoms with E-state index in [0.717, 1.165) is 19.5 Å². The zero-order chi connectivity index (χ0) is 13.9. The molecule has 0 aromatic heterocycles. The van der Waals surface area contributed by atoms with Crippen LogP contribution < -0.4 is 0 Å². The third kappa shape index (κ3) is 3.92. The predicted octanol–water partition coefficient (Wildman–Crippen LogP) is 1.43. The fraction of sp³-hybridized carbons (Fsp3) is 0.538. The molecule has 1 fully saturated rings. The van der Waals surface area contributed by atoms with Crippen LogP contribution in [0.4, 0.5) is 0 Å². The van der Waals surface area contributed by atoms with Gasteiger partial charge in [0, 0.05) is 24.7 Å². The Morgan fingerprint density at radius 2 is 2.00 bits per heavy atom. The van der Waals surface area contributed by atoms with E-state index in [1.807, 2.05) is 0 Å². The summed E-state index contributed by atoms with van der Waals surface area (Å²) < 4.78 is 24.3. The number of sulfone groups is 1. The van der Waals surface area contributed by atoms with Crippen molar-refractivity contribution in [3.63, 3.8) is 0 Å². The summed E-state index contributed by atoms with van der Waals surface area (Å²) in [6, 6.07) is 6.26. The highest BCUT2D eigenvalue weighted by Gasteiger charge is 2.23. The van der Waals surface area contributed by atoms with Gasteiger partial charge in [0.15, 0.2) is 9.84 Å². The monoisotopic (exact) mass is 303 g/mol. The van der Waals surface area contributed by atoms with Crippen molar-refractivity contribution in [1.29, 1.82) is 0 Å². The van der Waals surface area contributed by atoms with Gasteiger partial charge in [-0.25, -0.2) is 8.42 Å². The second kappa shape index (κ2) is 6.22. The lowest BCUT2D eigenvalue weighted by molar-refractivity contribution is 0.224. The Morgan fingerprint density at radius 3 is 2.58 bits per heavy atom. The van der Waals surface area contributed by atoms with Crippen molar-refractivity contribution >= 4 is 21.4 Å². The number of hydrogen-bond acceptors (Lipinski definition) is 4. The van der Waals surface area contributed by atoms with Crippen LogP contribution in [-0.4, -0.2) is 50.4 Å². The molecule has 0 radical (unpaired) electrons. The van der Waals surface area contributed by atoms with Crippen molar-refractivity contribution in [3.8, 4) is 0 Å². The SMILES string of the molecule is O=S(=O)(CCN1CCC(CO)C1)c1ccc(Cl)cc1. The average Bonchev–Trinajstić information content (AvgIpc) is 2.85. The van der Waals surface area contributed by atoms with Crippen molar-refractivity contribution in [3.05, 3.63) is 29.3 Å². The minimum Gasteiger partial charge on any atom is -0.396 e. The Morgan fingerprint density at radius 1 is 1.32 bits per heavy atom. The van der Waals surface area contributed by atoms with Gasteiger partial charge in [0.25, 0.3) is 0 Å². The van der Waals surface area contributed by atoms with Gasteiger partial charge in [-0.15, -0.1) is 0 Å². The Bertz CT molecular complexity index is 515. The van der Waals surface area contributed by atoms with Gasteiger partial charge in [-0.3, -0.25) is 0 Å². The maximum absolute atomic E-state index is 12.1. The molecule has 1 N–H and O–H groups in total. The number of halogens is 1. The molecule has 1 heterocycles. The molecule has 0 aliphatic carbocycles. The molecule has 1 atom stereocenters. The lowest BCUT2D eigenvalue weighted by Gasteiger charge is -2.15. The molecule has 1 aromatic carbocycles. The number of likely N-dealkylation sites (tertiary alicyclic amines) is 1. The molecule has 0 bridgehead atoms. The van der Waals surface area contributed by atoms with Crippen LogP contribution in [0.3, 0.4) is 0 Å². The number of rotatable bonds is 5. The van der Waals surface area contributed by atoms with Crippen LogP contribution in [0.2, 0.25) is 5.02 Å². The minimum atomic E-state index is -3.25. The molecule has 2 rings (SSSR count). The number of aliphatic hydroxyl groups is 1. The van der Waals surface area contributed by atoms with Gasteiger partial charge in [0.1, 0.15) is 0 Å². The number of hydrogen-bond donors (Lipinski definition) is 1. The van der Waals surface area contributed by atoms with Gasteiger partial charge < -0.3 is 10.0 Å². The van der Waals surface area contributed by atoms with E-state index in [-0.39, 0.29) is 12.4 Å². The second-order valence-electron chi connectivity index (χ2n) is 4.91. The maximum Gasteiger partial charge on any atom is 0.179 e. The van der Waals surface area contributed by atoms with E-state index in [1.165, 1.54) is 12.1 Å². The topological polar surface area (TPSA) is 57.6 Å². The van der Waals surface area contributed by atoms with E-state index >= 15 is 0 Å². The Balaban J connectivity index is 1.93. The van der Waals surface area contributed by atoms with Gasteiger partial charge in [0.2, 0.25) is 0 Å². The molecule has 0 saturated carbocycles. The van der Waals surface area contributed by atoms with Crippen molar-refractivity contribution in [2.75, 3.05) is 32.0 Å². The minimum absolute atomic E-state index is 0.104. The van der Waals surface area contributed by atoms with Gasteiger partial charge in [-0.2, -0.15) is 0 Å². The molecule has 6 heteroatoms. The van der Waals surface area contributed by atoms with Crippen LogP contribution in [0.25, 0.3) is 0 Å². The normalized spacial score (nSPS) is 20.8. The van der Waals surface area contributed by atoms with E-state index in [1.54, 1.807) is 12.1 Å². The molecule has 0 spiro atoms. The van der Waals surface area contributed by atoms with Crippen LogP contribution >= 0.6 is 11.6 Å². The summed E-state index contributed by atoms with van der Waals surface area (Å²) in [6.45, 7) is 2.34. The number of nitrogens with zero attached hydrogens (tertiary/aromatic N) is 1. The Hall–Kier alpha value is -0.620. The zero-order valence-corrected chi connectivity index (χ0v) is 12.2. The molecule has 106 valence electrons. The fourth-order valence-electron chi connectivity index (χ4n) is 2.27. The van der Waals surface area contributed by atoms with E-state index in [2.05, 4.69) is 4.90 Å². The summed E-state index contributed by atoms with van der Waals surface area (Å²) in [5.74, 6) is 0.394. The molecule has 1 aliphatic rings. The third-order valence-corrected chi connectivity index (χ3v) is 5.44. The second-order valence-corrected chi connectivity index (χ2v) is 7.46. The van der Waals surface area contributed by atoms with E-state index in [0.29, 0.717) is 22.4 Å². The summed E-state index contributed by atoms with van der Waals surface area (Å²) in [7, 11) is -3.25. The highest BCUT2D eigenvalue weighted by Crippen LogP contribution is 2.18. The highest BCUT2D eigenvalue weighted by molar-refractivity contribution is 7.91. The van der Waals surface area contributed by atoms with Crippen LogP contribution in [0.5, 0.6) is 0 Å². The fourth-order valence-corrected chi connectivity index (χ4v) is 3.69. The van der Waals surface area contributed by atoms with Gasteiger partial charge in [-0.05, 0) is 43.1 Å². The smallest absolute Gasteiger partial charge is 0.179 e. The van der Waals surface area contributed by atoms with Gasteiger partial charge in [0.05, 0.1) is 10.6 Å². The first-order valence-corrected chi connectivity index (χ1v) is 8.36. The molecule has 1 unspecified atom stereocenters. The molecule has 1 aliphatic heterocycles. The highest BCUT2D eigenvalue weighted by atomic mass is 35.5. The molecular formula is C13H18ClNO3S. The largest absolute Gasteiger partial charge is 0.396 e. The summed E-state index contributed by atoms with van der Waals surface area (Å²) in [5.41, 5.74) is 0. The van der Waals surface area contributed by atoms with Crippen molar-refractivity contribution in [2.45, 2.75) is 11.3 Å². The lowest BCUT2D eigenvalue weighted by atomic mass is 10.1. The lowest BCUT2D eigenvalue weighted by Crippen LogP contribution is -2.28. The molecule has 4 nitrogen and oxygen atoms in total. The number of benzene rings is 1. The van der Waals surface area contributed by atoms with Gasteiger partial charge >= 0.3 is 0 Å². The van der Waals surface area contributed by atoms with Crippen LogP contribution in [0, 0.1) is 5.92 Å². The average molecular weight is 304 g/mol. The zero-order valence-electron chi connectivity index (χ0n) is 10.6. The van der Waals surface area contributed by atoms with Crippen molar-refractivity contribution in [2.24, 2.45) is 5.92 Å². The van der Waals surface area contributed by atoms with E-state index < -0.39 is 9.84 Å². The summed E-state index contributed by atoms with van der Waals surface area (Å²) in [5, 5.41) is 9.59. The summed E-state index contributed by atoms with van der Waals surface area (Å²) >= 11 is 5.75. The summed E-state index contributed by atoms with van der Waals surface area (Å²) in [4.78, 5) is 2.41. The Labute approximate surface area is 118 Å². The Kier molecular flexibility index (Phi) is 4.84. The third-order valence-electron chi connectivity index (χ3n) is 3.48. The number of aliphatic hydroxyl groups excluding tert-OH is 1. The van der Waals surface area contributed by atoms with Crippen LogP contribution in [0.15, 0.2) is 29.2 Å². The molecule has 0 amide bonds. The molecule has 1 aromatic rings. The first-order chi connectivity index (χ1) is 9.01. The van der Waals surface area contributed by atoms with E-state index in [4.69, 9.17) is 16.7 Å². The van der Waals surface area contributed by atoms with E-state index in [9.17, 15) is 8.42 Å². The van der Waals surface area contributed by atoms with Crippen LogP contribution in [-0.2, 0) is 9.84 Å². The first-order valence-electron chi connectivity index (χ1n) is 6.33. The molecule has 1 saturated heterocycles. The quantitative estimate of drug-likeness (QED) is 0.894. The standard InChI is InChI=1S/C13H18ClNO3S/c14-12-1-3-13(4-2-12)19(17,18)8-7-15-6-5-11(9-15)10-16/h1-4,11,16H,5-10H2. The predicted molar refractivity (Wildman–Crippen MR) is 75.1 cm³/mol. The maximum atomic E-state index is 12.1. The molecular weight excluding hydrogens is 286 g/mol. The molecule has 19 heavy (non-hydrogen) atoms.